The molecule has 0 aromatic rings. The summed E-state index contributed by atoms with van der Waals surface area (Å²) in [6.07, 6.45) is 3.30. The van der Waals surface area contributed by atoms with Crippen molar-refractivity contribution in [3.05, 3.63) is 24.0 Å². The Kier molecular flexibility index (Phi) is 8.38. The van der Waals surface area contributed by atoms with Gasteiger partial charge in [0.1, 0.15) is 24.0 Å². The van der Waals surface area contributed by atoms with E-state index in [0.29, 0.717) is 25.0 Å². The normalized spacial score (nSPS) is 13.2. The van der Waals surface area contributed by atoms with Gasteiger partial charge < -0.3 is 14.2 Å². The molecule has 0 saturated carbocycles. The number of rotatable bonds is 8. The first-order chi connectivity index (χ1) is 8.02. The first kappa shape index (κ1) is 15.9. The molecule has 0 aromatic heterocycles. The van der Waals surface area contributed by atoms with E-state index in [2.05, 4.69) is 27.7 Å². The lowest BCUT2D eigenvalue weighted by atomic mass is 10.2. The summed E-state index contributed by atoms with van der Waals surface area (Å²) in [5, 5.41) is 0. The Morgan fingerprint density at radius 1 is 0.824 bits per heavy atom. The molecule has 0 aliphatic rings. The second kappa shape index (κ2) is 8.97. The van der Waals surface area contributed by atoms with E-state index in [-0.39, 0.29) is 0 Å². The Morgan fingerprint density at radius 2 is 1.18 bits per heavy atom. The van der Waals surface area contributed by atoms with E-state index in [9.17, 15) is 0 Å². The van der Waals surface area contributed by atoms with Crippen LogP contribution < -0.4 is 0 Å². The van der Waals surface area contributed by atoms with Gasteiger partial charge in [-0.15, -0.1) is 0 Å². The minimum absolute atomic E-state index is 0.318. The zero-order valence-corrected chi connectivity index (χ0v) is 11.9. The highest BCUT2D eigenvalue weighted by Gasteiger charge is 2.06. The Hall–Kier alpha value is -1.12. The fourth-order valence-corrected chi connectivity index (χ4v) is 1.18. The third-order valence-corrected chi connectivity index (χ3v) is 2.13. The maximum Gasteiger partial charge on any atom is 0.133 e. The first-order valence-electron chi connectivity index (χ1n) is 6.34. The number of ether oxygens (including phenoxy) is 3. The molecule has 0 N–H and O–H groups in total. The van der Waals surface area contributed by atoms with E-state index < -0.39 is 0 Å². The SMILES string of the molecule is CCOC(=COC=C(OCC)C(C)C)C(C)C. The maximum atomic E-state index is 5.47. The summed E-state index contributed by atoms with van der Waals surface area (Å²) in [5.74, 6) is 2.34. The van der Waals surface area contributed by atoms with Crippen LogP contribution in [0, 0.1) is 11.8 Å². The average molecular weight is 242 g/mol. The van der Waals surface area contributed by atoms with Crippen LogP contribution in [0.25, 0.3) is 0 Å². The highest BCUT2D eigenvalue weighted by Crippen LogP contribution is 2.14. The average Bonchev–Trinajstić information content (AvgIpc) is 2.26. The fraction of sp³-hybridized carbons (Fsp3) is 0.714. The van der Waals surface area contributed by atoms with Gasteiger partial charge in [-0.1, -0.05) is 27.7 Å². The van der Waals surface area contributed by atoms with Crippen LogP contribution in [0.4, 0.5) is 0 Å². The van der Waals surface area contributed by atoms with Crippen LogP contribution in [0.5, 0.6) is 0 Å². The topological polar surface area (TPSA) is 27.7 Å². The van der Waals surface area contributed by atoms with Crippen molar-refractivity contribution in [3.8, 4) is 0 Å². The zero-order valence-electron chi connectivity index (χ0n) is 11.9. The van der Waals surface area contributed by atoms with Crippen molar-refractivity contribution in [3.63, 3.8) is 0 Å². The van der Waals surface area contributed by atoms with Crippen LogP contribution >= 0.6 is 0 Å². The molecule has 0 heterocycles. The first-order valence-corrected chi connectivity index (χ1v) is 6.34. The lowest BCUT2D eigenvalue weighted by Gasteiger charge is -2.13. The van der Waals surface area contributed by atoms with Gasteiger partial charge in [0.25, 0.3) is 0 Å². The third kappa shape index (κ3) is 6.93. The molecular weight excluding hydrogens is 216 g/mol. The molecule has 17 heavy (non-hydrogen) atoms. The summed E-state index contributed by atoms with van der Waals surface area (Å²) >= 11 is 0. The summed E-state index contributed by atoms with van der Waals surface area (Å²) in [6.45, 7) is 13.5. The lowest BCUT2D eigenvalue weighted by Crippen LogP contribution is -2.02. The van der Waals surface area contributed by atoms with Gasteiger partial charge in [0.15, 0.2) is 0 Å². The van der Waals surface area contributed by atoms with Crippen LogP contribution in [0.1, 0.15) is 41.5 Å². The minimum Gasteiger partial charge on any atom is -0.495 e. The zero-order chi connectivity index (χ0) is 13.3. The van der Waals surface area contributed by atoms with E-state index in [4.69, 9.17) is 14.2 Å². The highest BCUT2D eigenvalue weighted by molar-refractivity contribution is 4.96. The largest absolute Gasteiger partial charge is 0.495 e. The molecule has 0 aromatic carbocycles. The summed E-state index contributed by atoms with van der Waals surface area (Å²) in [5.41, 5.74) is 0. The Labute approximate surface area is 105 Å². The molecule has 100 valence electrons. The number of hydrogen-bond acceptors (Lipinski definition) is 3. The number of allylic oxidation sites excluding steroid dienone is 2. The predicted octanol–water partition coefficient (Wildman–Crippen LogP) is 4.07. The van der Waals surface area contributed by atoms with Gasteiger partial charge in [-0.2, -0.15) is 0 Å². The van der Waals surface area contributed by atoms with Gasteiger partial charge in [0.2, 0.25) is 0 Å². The second-order valence-corrected chi connectivity index (χ2v) is 4.35. The van der Waals surface area contributed by atoms with Crippen molar-refractivity contribution in [2.45, 2.75) is 41.5 Å². The Balaban J connectivity index is 4.48. The smallest absolute Gasteiger partial charge is 0.133 e. The van der Waals surface area contributed by atoms with Gasteiger partial charge in [-0.05, 0) is 13.8 Å². The quantitative estimate of drug-likeness (QED) is 0.600. The van der Waals surface area contributed by atoms with E-state index in [1.165, 1.54) is 0 Å². The highest BCUT2D eigenvalue weighted by atomic mass is 16.5. The van der Waals surface area contributed by atoms with Gasteiger partial charge in [-0.3, -0.25) is 0 Å². The molecular formula is C14H26O3. The van der Waals surface area contributed by atoms with Crippen molar-refractivity contribution >= 4 is 0 Å². The molecule has 3 nitrogen and oxygen atoms in total. The molecule has 0 amide bonds. The van der Waals surface area contributed by atoms with E-state index >= 15 is 0 Å². The fourth-order valence-electron chi connectivity index (χ4n) is 1.18. The van der Waals surface area contributed by atoms with Gasteiger partial charge in [0, 0.05) is 11.8 Å². The van der Waals surface area contributed by atoms with Gasteiger partial charge >= 0.3 is 0 Å². The molecule has 3 heteroatoms. The number of hydrogen-bond donors (Lipinski definition) is 0. The molecule has 0 rings (SSSR count). The van der Waals surface area contributed by atoms with Gasteiger partial charge in [0.05, 0.1) is 13.2 Å². The minimum atomic E-state index is 0.318. The molecule has 0 spiro atoms. The molecule has 0 atom stereocenters. The Bertz CT molecular complexity index is 226. The molecule has 0 unspecified atom stereocenters. The molecule has 0 fully saturated rings. The van der Waals surface area contributed by atoms with Crippen molar-refractivity contribution in [2.24, 2.45) is 11.8 Å². The monoisotopic (exact) mass is 242 g/mol. The summed E-state index contributed by atoms with van der Waals surface area (Å²) < 4.78 is 16.4. The van der Waals surface area contributed by atoms with Crippen LogP contribution in [-0.2, 0) is 14.2 Å². The summed E-state index contributed by atoms with van der Waals surface area (Å²) in [6, 6.07) is 0. The molecule has 0 saturated heterocycles. The molecule has 0 bridgehead atoms. The van der Waals surface area contributed by atoms with Gasteiger partial charge in [-0.25, -0.2) is 0 Å². The van der Waals surface area contributed by atoms with E-state index in [1.807, 2.05) is 13.8 Å². The maximum absolute atomic E-state index is 5.47. The predicted molar refractivity (Wildman–Crippen MR) is 70.2 cm³/mol. The lowest BCUT2D eigenvalue weighted by molar-refractivity contribution is 0.169. The molecule has 0 aliphatic carbocycles. The van der Waals surface area contributed by atoms with Crippen LogP contribution in [-0.4, -0.2) is 13.2 Å². The van der Waals surface area contributed by atoms with Crippen molar-refractivity contribution < 1.29 is 14.2 Å². The van der Waals surface area contributed by atoms with Crippen LogP contribution in [0.2, 0.25) is 0 Å². The Morgan fingerprint density at radius 3 is 1.41 bits per heavy atom. The summed E-state index contributed by atoms with van der Waals surface area (Å²) in [4.78, 5) is 0. The van der Waals surface area contributed by atoms with Crippen molar-refractivity contribution in [2.75, 3.05) is 13.2 Å². The van der Waals surface area contributed by atoms with Crippen molar-refractivity contribution in [1.82, 2.24) is 0 Å². The third-order valence-electron chi connectivity index (χ3n) is 2.13. The van der Waals surface area contributed by atoms with Crippen molar-refractivity contribution in [1.29, 1.82) is 0 Å². The second-order valence-electron chi connectivity index (χ2n) is 4.35. The molecule has 0 aliphatic heterocycles. The van der Waals surface area contributed by atoms with E-state index in [0.717, 1.165) is 11.5 Å². The standard InChI is InChI=1S/C14H26O3/c1-7-16-13(11(3)4)9-15-10-14(12(5)6)17-8-2/h9-12H,7-8H2,1-6H3. The van der Waals surface area contributed by atoms with Crippen LogP contribution in [0.3, 0.4) is 0 Å². The van der Waals surface area contributed by atoms with Crippen LogP contribution in [0.15, 0.2) is 24.0 Å². The summed E-state index contributed by atoms with van der Waals surface area (Å²) in [7, 11) is 0. The van der Waals surface area contributed by atoms with E-state index in [1.54, 1.807) is 12.5 Å². The molecule has 0 radical (unpaired) electrons.